The summed E-state index contributed by atoms with van der Waals surface area (Å²) in [6.45, 7) is 0. The normalized spacial score (nSPS) is 9.38. The molecule has 0 fully saturated rings. The van der Waals surface area contributed by atoms with Crippen LogP contribution in [0.4, 0.5) is 0 Å². The molecule has 0 bridgehead atoms. The number of carbonyl (C=O) groups is 1. The first-order valence-electron chi connectivity index (χ1n) is 3.27. The molecule has 0 aliphatic carbocycles. The Morgan fingerprint density at radius 3 is 2.85 bits per heavy atom. The predicted octanol–water partition coefficient (Wildman–Crippen LogP) is 0.595. The van der Waals surface area contributed by atoms with E-state index in [2.05, 4.69) is 9.26 Å². The lowest BCUT2D eigenvalue weighted by Gasteiger charge is -2.02. The molecule has 1 aromatic heterocycles. The number of hydrogen-bond acceptors (Lipinski definition) is 5. The largest absolute Gasteiger partial charge is 0.472 e. The molecule has 5 nitrogen and oxygen atoms in total. The maximum atomic E-state index is 11.1. The van der Waals surface area contributed by atoms with E-state index in [-0.39, 0.29) is 11.5 Å². The second-order valence-electron chi connectivity index (χ2n) is 2.05. The van der Waals surface area contributed by atoms with Crippen LogP contribution in [0.5, 0.6) is 5.75 Å². The van der Waals surface area contributed by atoms with Crippen LogP contribution < -0.4 is 9.95 Å². The monoisotopic (exact) mass is 202 g/mol. The molecule has 70 valence electrons. The van der Waals surface area contributed by atoms with Crippen molar-refractivity contribution in [2.24, 2.45) is 0 Å². The van der Waals surface area contributed by atoms with Gasteiger partial charge in [0.1, 0.15) is 0 Å². The van der Waals surface area contributed by atoms with Gasteiger partial charge < -0.3 is 13.7 Å². The Hall–Kier alpha value is -1.35. The smallest absolute Gasteiger partial charge is 0.378 e. The summed E-state index contributed by atoms with van der Waals surface area (Å²) in [6, 6.07) is 1.14. The fourth-order valence-electron chi connectivity index (χ4n) is 0.750. The molecule has 0 saturated heterocycles. The van der Waals surface area contributed by atoms with E-state index >= 15 is 0 Å². The van der Waals surface area contributed by atoms with E-state index in [1.807, 2.05) is 9.47 Å². The van der Waals surface area contributed by atoms with E-state index < -0.39 is 11.4 Å². The first-order valence-corrected chi connectivity index (χ1v) is 3.74. The highest BCUT2D eigenvalue weighted by atomic mass is 31.0. The minimum atomic E-state index is -0.754. The molecule has 1 rings (SSSR count). The van der Waals surface area contributed by atoms with Crippen LogP contribution in [0.1, 0.15) is 10.6 Å². The van der Waals surface area contributed by atoms with Crippen LogP contribution in [0.15, 0.2) is 21.5 Å². The van der Waals surface area contributed by atoms with Crippen molar-refractivity contribution in [3.05, 3.63) is 28.3 Å². The summed E-state index contributed by atoms with van der Waals surface area (Å²) in [4.78, 5) is 22.1. The van der Waals surface area contributed by atoms with Gasteiger partial charge in [0, 0.05) is 6.07 Å². The van der Waals surface area contributed by atoms with Crippen LogP contribution in [0.3, 0.4) is 0 Å². The molecule has 0 amide bonds. The van der Waals surface area contributed by atoms with Gasteiger partial charge in [-0.3, -0.25) is 4.79 Å². The highest BCUT2D eigenvalue weighted by Gasteiger charge is 2.18. The molecule has 1 atom stereocenters. The number of methoxy groups -OCH3 is 1. The fraction of sp³-hybridized carbons (Fsp3) is 0.143. The second-order valence-corrected chi connectivity index (χ2v) is 2.29. The molecule has 1 unspecified atom stereocenters. The van der Waals surface area contributed by atoms with Crippen molar-refractivity contribution >= 4 is 15.4 Å². The van der Waals surface area contributed by atoms with Gasteiger partial charge in [0.05, 0.1) is 22.8 Å². The van der Waals surface area contributed by atoms with E-state index in [1.54, 1.807) is 0 Å². The second kappa shape index (κ2) is 4.05. The average molecular weight is 202 g/mol. The van der Waals surface area contributed by atoms with E-state index in [0.717, 1.165) is 12.3 Å². The van der Waals surface area contributed by atoms with Crippen molar-refractivity contribution in [3.8, 4) is 5.75 Å². The van der Waals surface area contributed by atoms with Gasteiger partial charge in [0.2, 0.25) is 11.2 Å². The third-order valence-electron chi connectivity index (χ3n) is 1.32. The first-order chi connectivity index (χ1) is 6.20. The average Bonchev–Trinajstić information content (AvgIpc) is 2.16. The van der Waals surface area contributed by atoms with E-state index in [9.17, 15) is 9.59 Å². The van der Waals surface area contributed by atoms with Crippen LogP contribution >= 0.6 is 9.47 Å². The molecule has 13 heavy (non-hydrogen) atoms. The topological polar surface area (TPSA) is 65.7 Å². The Balaban J connectivity index is 3.28. The molecule has 1 aromatic rings. The molecule has 0 aromatic carbocycles. The summed E-state index contributed by atoms with van der Waals surface area (Å²) in [7, 11) is 3.04. The van der Waals surface area contributed by atoms with Gasteiger partial charge in [0.25, 0.3) is 5.76 Å². The number of hydrogen-bond donors (Lipinski definition) is 0. The SMILES string of the molecule is COC(=O)c1occc(=O)c1OP. The van der Waals surface area contributed by atoms with Crippen molar-refractivity contribution in [2.45, 2.75) is 0 Å². The molecule has 1 heterocycles. The molecule has 0 spiro atoms. The fourth-order valence-corrected chi connectivity index (χ4v) is 0.973. The summed E-state index contributed by atoms with van der Waals surface area (Å²) in [6.07, 6.45) is 1.10. The standard InChI is InChI=1S/C7H7O5P/c1-10-7(9)6-5(12-13)4(8)2-3-11-6/h2-3H,13H2,1H3. The first kappa shape index (κ1) is 9.74. The van der Waals surface area contributed by atoms with Gasteiger partial charge in [-0.2, -0.15) is 0 Å². The molecular formula is C7H7O5P. The number of esters is 1. The summed E-state index contributed by atoms with van der Waals surface area (Å²) in [5.41, 5.74) is -0.443. The molecule has 0 radical (unpaired) electrons. The van der Waals surface area contributed by atoms with Gasteiger partial charge in [-0.1, -0.05) is 0 Å². The Bertz CT molecular complexity index is 369. The maximum absolute atomic E-state index is 11.1. The van der Waals surface area contributed by atoms with Crippen LogP contribution in [0.2, 0.25) is 0 Å². The zero-order valence-electron chi connectivity index (χ0n) is 6.77. The lowest BCUT2D eigenvalue weighted by atomic mass is 10.3. The third kappa shape index (κ3) is 1.87. The lowest BCUT2D eigenvalue weighted by molar-refractivity contribution is 0.0559. The van der Waals surface area contributed by atoms with Crippen molar-refractivity contribution in [1.29, 1.82) is 0 Å². The minimum absolute atomic E-state index is 0.181. The Morgan fingerprint density at radius 2 is 2.31 bits per heavy atom. The van der Waals surface area contributed by atoms with Crippen molar-refractivity contribution in [2.75, 3.05) is 7.11 Å². The van der Waals surface area contributed by atoms with E-state index in [4.69, 9.17) is 4.42 Å². The van der Waals surface area contributed by atoms with Crippen molar-refractivity contribution < 1.29 is 18.5 Å². The number of ether oxygens (including phenoxy) is 1. The highest BCUT2D eigenvalue weighted by molar-refractivity contribution is 7.10. The Labute approximate surface area is 75.9 Å². The molecular weight excluding hydrogens is 195 g/mol. The van der Waals surface area contributed by atoms with E-state index in [1.165, 1.54) is 7.11 Å². The van der Waals surface area contributed by atoms with E-state index in [0.29, 0.717) is 0 Å². The zero-order chi connectivity index (χ0) is 9.84. The summed E-state index contributed by atoms with van der Waals surface area (Å²) >= 11 is 0. The molecule has 6 heteroatoms. The summed E-state index contributed by atoms with van der Waals surface area (Å²) < 4.78 is 13.8. The third-order valence-corrected chi connectivity index (χ3v) is 1.56. The minimum Gasteiger partial charge on any atom is -0.472 e. The van der Waals surface area contributed by atoms with Crippen LogP contribution in [0.25, 0.3) is 0 Å². The number of rotatable bonds is 2. The summed E-state index contributed by atoms with van der Waals surface area (Å²) in [5, 5.41) is 0. The van der Waals surface area contributed by atoms with Gasteiger partial charge in [-0.25, -0.2) is 4.79 Å². The van der Waals surface area contributed by atoms with Crippen molar-refractivity contribution in [1.82, 2.24) is 0 Å². The molecule has 0 aliphatic heterocycles. The molecule has 0 saturated carbocycles. The van der Waals surface area contributed by atoms with Crippen LogP contribution in [-0.2, 0) is 4.74 Å². The van der Waals surface area contributed by atoms with Crippen LogP contribution in [0, 0.1) is 0 Å². The number of carbonyl (C=O) groups excluding carboxylic acids is 1. The highest BCUT2D eigenvalue weighted by Crippen LogP contribution is 2.15. The quantitative estimate of drug-likeness (QED) is 0.518. The lowest BCUT2D eigenvalue weighted by Crippen LogP contribution is -2.10. The van der Waals surface area contributed by atoms with Crippen LogP contribution in [-0.4, -0.2) is 13.1 Å². The molecule has 0 aliphatic rings. The maximum Gasteiger partial charge on any atom is 0.378 e. The summed E-state index contributed by atoms with van der Waals surface area (Å²) in [5.74, 6) is -1.18. The van der Waals surface area contributed by atoms with Crippen molar-refractivity contribution in [3.63, 3.8) is 0 Å². The van der Waals surface area contributed by atoms with Gasteiger partial charge in [-0.15, -0.1) is 0 Å². The van der Waals surface area contributed by atoms with Gasteiger partial charge in [-0.05, 0) is 0 Å². The van der Waals surface area contributed by atoms with Gasteiger partial charge in [0.15, 0.2) is 0 Å². The predicted molar refractivity (Wildman–Crippen MR) is 46.7 cm³/mol. The Morgan fingerprint density at radius 1 is 1.62 bits per heavy atom. The Kier molecular flexibility index (Phi) is 3.03. The molecule has 0 N–H and O–H groups in total. The zero-order valence-corrected chi connectivity index (χ0v) is 7.93. The van der Waals surface area contributed by atoms with Gasteiger partial charge >= 0.3 is 5.97 Å².